The molecule has 1 atom stereocenters. The number of benzene rings is 1. The topological polar surface area (TPSA) is 58.6 Å². The highest BCUT2D eigenvalue weighted by atomic mass is 32.1. The second-order valence-corrected chi connectivity index (χ2v) is 6.80. The fraction of sp³-hybridized carbons (Fsp3) is 0.316. The normalized spacial score (nSPS) is 19.9. The van der Waals surface area contributed by atoms with Gasteiger partial charge in [-0.05, 0) is 71.0 Å². The number of thiophene rings is 1. The molecule has 0 spiro atoms. The lowest BCUT2D eigenvalue weighted by Crippen LogP contribution is -2.42. The Morgan fingerprint density at radius 1 is 1.46 bits per heavy atom. The summed E-state index contributed by atoms with van der Waals surface area (Å²) in [7, 11) is 1.64. The van der Waals surface area contributed by atoms with Crippen LogP contribution in [0, 0.1) is 0 Å². The molecule has 1 aliphatic carbocycles. The lowest BCUT2D eigenvalue weighted by atomic mass is 9.79. The van der Waals surface area contributed by atoms with Gasteiger partial charge in [-0.2, -0.15) is 11.3 Å². The predicted molar refractivity (Wildman–Crippen MR) is 96.2 cm³/mol. The first-order valence-electron chi connectivity index (χ1n) is 7.99. The van der Waals surface area contributed by atoms with E-state index in [2.05, 4.69) is 5.32 Å². The number of methoxy groups -OCH3 is 1. The van der Waals surface area contributed by atoms with Crippen molar-refractivity contribution in [1.29, 1.82) is 0 Å². The van der Waals surface area contributed by atoms with Gasteiger partial charge in [-0.3, -0.25) is 4.79 Å². The van der Waals surface area contributed by atoms with Crippen LogP contribution in [-0.2, 0) is 16.8 Å². The van der Waals surface area contributed by atoms with E-state index in [0.717, 1.165) is 35.3 Å². The highest BCUT2D eigenvalue weighted by molar-refractivity contribution is 7.08. The predicted octanol–water partition coefficient (Wildman–Crippen LogP) is 3.11. The van der Waals surface area contributed by atoms with E-state index in [-0.39, 0.29) is 12.5 Å². The second kappa shape index (κ2) is 7.20. The number of aliphatic hydroxyl groups is 1. The van der Waals surface area contributed by atoms with Crippen LogP contribution >= 0.6 is 11.3 Å². The van der Waals surface area contributed by atoms with E-state index in [1.54, 1.807) is 24.5 Å². The molecule has 24 heavy (non-hydrogen) atoms. The molecule has 0 saturated carbocycles. The summed E-state index contributed by atoms with van der Waals surface area (Å²) in [6.45, 7) is 0.207. The molecule has 1 heterocycles. The first-order chi connectivity index (χ1) is 11.6. The average Bonchev–Trinajstić information content (AvgIpc) is 3.11. The lowest BCUT2D eigenvalue weighted by molar-refractivity contribution is -0.118. The summed E-state index contributed by atoms with van der Waals surface area (Å²) in [4.78, 5) is 12.0. The standard InChI is InChI=1S/C19H21NO3S/c1-23-16-5-6-17-15(11-16)3-2-9-19(17,22)13-20-18(21)7-4-14-8-10-24-12-14/h4-8,10-12,22H,2-3,9,13H2,1H3,(H,20,21)/b7-4+. The highest BCUT2D eigenvalue weighted by Gasteiger charge is 2.34. The van der Waals surface area contributed by atoms with Gasteiger partial charge in [-0.1, -0.05) is 6.07 Å². The minimum atomic E-state index is -1.02. The second-order valence-electron chi connectivity index (χ2n) is 6.02. The fourth-order valence-electron chi connectivity index (χ4n) is 3.08. The van der Waals surface area contributed by atoms with E-state index < -0.39 is 5.60 Å². The molecule has 5 heteroatoms. The monoisotopic (exact) mass is 343 g/mol. The zero-order chi connectivity index (χ0) is 17.0. The Hall–Kier alpha value is -2.11. The van der Waals surface area contributed by atoms with Gasteiger partial charge < -0.3 is 15.2 Å². The molecule has 0 saturated heterocycles. The van der Waals surface area contributed by atoms with Gasteiger partial charge in [0, 0.05) is 6.08 Å². The van der Waals surface area contributed by atoms with E-state index in [1.807, 2.05) is 35.0 Å². The molecule has 1 aromatic carbocycles. The Kier molecular flexibility index (Phi) is 5.02. The van der Waals surface area contributed by atoms with Crippen LogP contribution in [0.5, 0.6) is 5.75 Å². The fourth-order valence-corrected chi connectivity index (χ4v) is 3.71. The maximum absolute atomic E-state index is 12.0. The van der Waals surface area contributed by atoms with Gasteiger partial charge in [-0.25, -0.2) is 0 Å². The van der Waals surface area contributed by atoms with Gasteiger partial charge in [0.1, 0.15) is 11.4 Å². The molecule has 1 unspecified atom stereocenters. The molecule has 1 amide bonds. The van der Waals surface area contributed by atoms with Crippen molar-refractivity contribution in [1.82, 2.24) is 5.32 Å². The van der Waals surface area contributed by atoms with Crippen molar-refractivity contribution in [2.45, 2.75) is 24.9 Å². The summed E-state index contributed by atoms with van der Waals surface area (Å²) in [5, 5.41) is 17.8. The van der Waals surface area contributed by atoms with E-state index >= 15 is 0 Å². The number of amides is 1. The average molecular weight is 343 g/mol. The Morgan fingerprint density at radius 2 is 2.33 bits per heavy atom. The largest absolute Gasteiger partial charge is 0.497 e. The van der Waals surface area contributed by atoms with Crippen molar-refractivity contribution in [3.8, 4) is 5.75 Å². The third kappa shape index (κ3) is 3.68. The molecule has 1 aromatic heterocycles. The molecule has 0 radical (unpaired) electrons. The van der Waals surface area contributed by atoms with Crippen molar-refractivity contribution in [2.24, 2.45) is 0 Å². The summed E-state index contributed by atoms with van der Waals surface area (Å²) in [6, 6.07) is 7.68. The lowest BCUT2D eigenvalue weighted by Gasteiger charge is -2.34. The van der Waals surface area contributed by atoms with Crippen molar-refractivity contribution in [3.63, 3.8) is 0 Å². The first kappa shape index (κ1) is 16.7. The van der Waals surface area contributed by atoms with Crippen molar-refractivity contribution >= 4 is 23.3 Å². The molecule has 3 rings (SSSR count). The van der Waals surface area contributed by atoms with Gasteiger partial charge in [-0.15, -0.1) is 0 Å². The summed E-state index contributed by atoms with van der Waals surface area (Å²) < 4.78 is 5.25. The van der Waals surface area contributed by atoms with Crippen LogP contribution < -0.4 is 10.1 Å². The first-order valence-corrected chi connectivity index (χ1v) is 8.93. The van der Waals surface area contributed by atoms with Gasteiger partial charge in [0.05, 0.1) is 13.7 Å². The summed E-state index contributed by atoms with van der Waals surface area (Å²) in [6.07, 6.45) is 5.72. The van der Waals surface area contributed by atoms with Crippen LogP contribution in [0.3, 0.4) is 0 Å². The Bertz CT molecular complexity index is 739. The molecule has 2 aromatic rings. The summed E-state index contributed by atoms with van der Waals surface area (Å²) in [5.74, 6) is 0.594. The van der Waals surface area contributed by atoms with Crippen LogP contribution in [0.2, 0.25) is 0 Å². The number of hydrogen-bond donors (Lipinski definition) is 2. The molecular weight excluding hydrogens is 322 g/mol. The SMILES string of the molecule is COc1ccc2c(c1)CCCC2(O)CNC(=O)/C=C/c1ccsc1. The quantitative estimate of drug-likeness (QED) is 0.820. The Morgan fingerprint density at radius 3 is 3.08 bits per heavy atom. The zero-order valence-corrected chi connectivity index (χ0v) is 14.4. The number of hydrogen-bond acceptors (Lipinski definition) is 4. The summed E-state index contributed by atoms with van der Waals surface area (Å²) >= 11 is 1.59. The van der Waals surface area contributed by atoms with Crippen LogP contribution in [0.1, 0.15) is 29.5 Å². The Balaban J connectivity index is 1.68. The van der Waals surface area contributed by atoms with Gasteiger partial charge in [0.15, 0.2) is 0 Å². The molecule has 126 valence electrons. The molecule has 0 aliphatic heterocycles. The third-order valence-electron chi connectivity index (χ3n) is 4.38. The van der Waals surface area contributed by atoms with Crippen LogP contribution in [-0.4, -0.2) is 24.7 Å². The van der Waals surface area contributed by atoms with Gasteiger partial charge >= 0.3 is 0 Å². The number of fused-ring (bicyclic) bond motifs is 1. The van der Waals surface area contributed by atoms with Crippen molar-refractivity contribution < 1.29 is 14.6 Å². The minimum Gasteiger partial charge on any atom is -0.497 e. The molecule has 4 nitrogen and oxygen atoms in total. The number of carbonyl (C=O) groups is 1. The number of rotatable bonds is 5. The molecular formula is C19H21NO3S. The molecule has 0 bridgehead atoms. The van der Waals surface area contributed by atoms with E-state index in [1.165, 1.54) is 6.08 Å². The van der Waals surface area contributed by atoms with E-state index in [9.17, 15) is 9.90 Å². The maximum Gasteiger partial charge on any atom is 0.244 e. The van der Waals surface area contributed by atoms with Crippen LogP contribution in [0.15, 0.2) is 41.1 Å². The van der Waals surface area contributed by atoms with E-state index in [0.29, 0.717) is 6.42 Å². The van der Waals surface area contributed by atoms with Crippen molar-refractivity contribution in [2.75, 3.05) is 13.7 Å². The maximum atomic E-state index is 12.0. The molecule has 1 aliphatic rings. The van der Waals surface area contributed by atoms with Crippen LogP contribution in [0.25, 0.3) is 6.08 Å². The number of ether oxygens (including phenoxy) is 1. The van der Waals surface area contributed by atoms with E-state index in [4.69, 9.17) is 4.74 Å². The molecule has 0 fully saturated rings. The summed E-state index contributed by atoms with van der Waals surface area (Å²) in [5.41, 5.74) is 1.96. The Labute approximate surface area is 145 Å². The zero-order valence-electron chi connectivity index (χ0n) is 13.6. The highest BCUT2D eigenvalue weighted by Crippen LogP contribution is 2.36. The van der Waals surface area contributed by atoms with Gasteiger partial charge in [0.2, 0.25) is 5.91 Å². The smallest absolute Gasteiger partial charge is 0.244 e. The van der Waals surface area contributed by atoms with Gasteiger partial charge in [0.25, 0.3) is 0 Å². The minimum absolute atomic E-state index is 0.199. The number of nitrogens with one attached hydrogen (secondary N) is 1. The van der Waals surface area contributed by atoms with Crippen LogP contribution in [0.4, 0.5) is 0 Å². The van der Waals surface area contributed by atoms with Crippen molar-refractivity contribution in [3.05, 3.63) is 57.8 Å². The number of aryl methyl sites for hydroxylation is 1. The number of carbonyl (C=O) groups excluding carboxylic acids is 1. The third-order valence-corrected chi connectivity index (χ3v) is 5.08. The molecule has 2 N–H and O–H groups in total.